The van der Waals surface area contributed by atoms with Crippen LogP contribution < -0.4 is 0 Å². The first-order valence-electron chi connectivity index (χ1n) is 3.53. The van der Waals surface area contributed by atoms with Crippen molar-refractivity contribution < 1.29 is 5.11 Å². The molecule has 1 aromatic carbocycles. The molecule has 1 aromatic rings. The highest BCUT2D eigenvalue weighted by atomic mass is 35.5. The van der Waals surface area contributed by atoms with E-state index in [1.54, 1.807) is 24.3 Å². The van der Waals surface area contributed by atoms with Gasteiger partial charge in [-0.2, -0.15) is 0 Å². The topological polar surface area (TPSA) is 20.2 Å². The number of halogens is 1. The molecular weight excluding hydrogens is 172 g/mol. The van der Waals surface area contributed by atoms with E-state index in [1.807, 2.05) is 0 Å². The van der Waals surface area contributed by atoms with Gasteiger partial charge in [0.05, 0.1) is 0 Å². The molecule has 62 valence electrons. The van der Waals surface area contributed by atoms with Gasteiger partial charge in [-0.3, -0.25) is 0 Å². The smallest absolute Gasteiger partial charge is 0.105 e. The van der Waals surface area contributed by atoms with Gasteiger partial charge in [-0.25, -0.2) is 0 Å². The molecule has 0 radical (unpaired) electrons. The highest BCUT2D eigenvalue weighted by Crippen LogP contribution is 2.17. The van der Waals surface area contributed by atoms with Gasteiger partial charge >= 0.3 is 0 Å². The van der Waals surface area contributed by atoms with Gasteiger partial charge in [0.1, 0.15) is 6.10 Å². The Labute approximate surface area is 76.6 Å². The molecule has 0 amide bonds. The Hall–Kier alpha value is -1.01. The van der Waals surface area contributed by atoms with E-state index in [-0.39, 0.29) is 0 Å². The van der Waals surface area contributed by atoms with E-state index in [4.69, 9.17) is 11.6 Å². The van der Waals surface area contributed by atoms with Crippen molar-refractivity contribution >= 4 is 11.6 Å². The van der Waals surface area contributed by atoms with Crippen molar-refractivity contribution in [3.05, 3.63) is 53.2 Å². The van der Waals surface area contributed by atoms with E-state index in [0.717, 1.165) is 5.56 Å². The summed E-state index contributed by atoms with van der Waals surface area (Å²) in [5.41, 5.74) is 3.27. The molecule has 1 N–H and O–H groups in total. The first-order chi connectivity index (χ1) is 5.74. The Morgan fingerprint density at radius 2 is 2.33 bits per heavy atom. The Morgan fingerprint density at radius 1 is 1.58 bits per heavy atom. The first-order valence-corrected chi connectivity index (χ1v) is 3.91. The van der Waals surface area contributed by atoms with Crippen LogP contribution in [-0.2, 0) is 0 Å². The number of aliphatic hydroxyl groups is 1. The fourth-order valence-electron chi connectivity index (χ4n) is 0.898. The van der Waals surface area contributed by atoms with E-state index >= 15 is 0 Å². The summed E-state index contributed by atoms with van der Waals surface area (Å²) in [6.07, 6.45) is 0.812. The van der Waals surface area contributed by atoms with Crippen molar-refractivity contribution in [2.45, 2.75) is 6.10 Å². The van der Waals surface area contributed by atoms with Gasteiger partial charge in [-0.15, -0.1) is 5.73 Å². The zero-order chi connectivity index (χ0) is 8.97. The summed E-state index contributed by atoms with van der Waals surface area (Å²) < 4.78 is 0. The van der Waals surface area contributed by atoms with Gasteiger partial charge in [0.2, 0.25) is 0 Å². The van der Waals surface area contributed by atoms with Crippen LogP contribution in [0.3, 0.4) is 0 Å². The molecule has 0 bridgehead atoms. The standard InChI is InChI=1S/C10H9ClO/c1-2-4-10(12)8-5-3-6-9(11)7-8/h3-7,10,12H,1H2. The summed E-state index contributed by atoms with van der Waals surface area (Å²) in [7, 11) is 0. The molecule has 1 unspecified atom stereocenters. The van der Waals surface area contributed by atoms with Crippen LogP contribution in [0.1, 0.15) is 11.7 Å². The van der Waals surface area contributed by atoms with Crippen LogP contribution in [0.5, 0.6) is 0 Å². The van der Waals surface area contributed by atoms with Crippen LogP contribution in [0.2, 0.25) is 5.02 Å². The van der Waals surface area contributed by atoms with E-state index < -0.39 is 6.10 Å². The lowest BCUT2D eigenvalue weighted by Gasteiger charge is -2.03. The SMILES string of the molecule is C=C=CC(O)c1cccc(Cl)c1. The minimum absolute atomic E-state index is 0.615. The number of rotatable bonds is 2. The van der Waals surface area contributed by atoms with Gasteiger partial charge in [0, 0.05) is 5.02 Å². The van der Waals surface area contributed by atoms with Crippen LogP contribution >= 0.6 is 11.6 Å². The fourth-order valence-corrected chi connectivity index (χ4v) is 1.10. The zero-order valence-electron chi connectivity index (χ0n) is 6.50. The van der Waals surface area contributed by atoms with Gasteiger partial charge in [-0.1, -0.05) is 30.3 Å². The molecule has 0 saturated heterocycles. The summed E-state index contributed by atoms with van der Waals surface area (Å²) in [6.45, 7) is 3.38. The third-order valence-corrected chi connectivity index (χ3v) is 1.70. The molecule has 12 heavy (non-hydrogen) atoms. The summed E-state index contributed by atoms with van der Waals surface area (Å²) >= 11 is 5.73. The predicted octanol–water partition coefficient (Wildman–Crippen LogP) is 2.71. The maximum atomic E-state index is 9.43. The predicted molar refractivity (Wildman–Crippen MR) is 50.1 cm³/mol. The molecule has 2 heteroatoms. The second kappa shape index (κ2) is 4.13. The summed E-state index contributed by atoms with van der Waals surface area (Å²) in [5, 5.41) is 10.0. The second-order valence-electron chi connectivity index (χ2n) is 2.37. The van der Waals surface area contributed by atoms with Gasteiger partial charge in [-0.05, 0) is 23.8 Å². The molecule has 1 rings (SSSR count). The second-order valence-corrected chi connectivity index (χ2v) is 2.81. The number of hydrogen-bond acceptors (Lipinski definition) is 1. The Bertz CT molecular complexity index is 313. The Morgan fingerprint density at radius 3 is 2.92 bits per heavy atom. The highest BCUT2D eigenvalue weighted by molar-refractivity contribution is 6.30. The molecular formula is C10H9ClO. The molecule has 0 aromatic heterocycles. The lowest BCUT2D eigenvalue weighted by atomic mass is 10.1. The lowest BCUT2D eigenvalue weighted by molar-refractivity contribution is 0.229. The van der Waals surface area contributed by atoms with E-state index in [1.165, 1.54) is 6.08 Å². The van der Waals surface area contributed by atoms with Crippen molar-refractivity contribution in [1.29, 1.82) is 0 Å². The Balaban J connectivity index is 2.94. The third-order valence-electron chi connectivity index (χ3n) is 1.47. The van der Waals surface area contributed by atoms with Gasteiger partial charge < -0.3 is 5.11 Å². The molecule has 0 aliphatic carbocycles. The van der Waals surface area contributed by atoms with E-state index in [9.17, 15) is 5.11 Å². The fraction of sp³-hybridized carbons (Fsp3) is 0.100. The summed E-state index contributed by atoms with van der Waals surface area (Å²) in [5.74, 6) is 0. The van der Waals surface area contributed by atoms with Gasteiger partial charge in [0.15, 0.2) is 0 Å². The summed E-state index contributed by atoms with van der Waals surface area (Å²) in [4.78, 5) is 0. The Kier molecular flexibility index (Phi) is 3.12. The zero-order valence-corrected chi connectivity index (χ0v) is 7.25. The van der Waals surface area contributed by atoms with Crippen LogP contribution in [0.15, 0.2) is 42.7 Å². The molecule has 0 saturated carbocycles. The average molecular weight is 181 g/mol. The van der Waals surface area contributed by atoms with Crippen LogP contribution in [-0.4, -0.2) is 5.11 Å². The minimum atomic E-state index is -0.666. The van der Waals surface area contributed by atoms with Gasteiger partial charge in [0.25, 0.3) is 0 Å². The highest BCUT2D eigenvalue weighted by Gasteiger charge is 2.01. The molecule has 1 atom stereocenters. The van der Waals surface area contributed by atoms with E-state index in [0.29, 0.717) is 5.02 Å². The van der Waals surface area contributed by atoms with Crippen molar-refractivity contribution in [2.75, 3.05) is 0 Å². The average Bonchev–Trinajstić information content (AvgIpc) is 2.05. The number of hydrogen-bond donors (Lipinski definition) is 1. The van der Waals surface area contributed by atoms with Crippen LogP contribution in [0.4, 0.5) is 0 Å². The number of aliphatic hydroxyl groups excluding tert-OH is 1. The molecule has 0 fully saturated rings. The minimum Gasteiger partial charge on any atom is -0.384 e. The van der Waals surface area contributed by atoms with Crippen molar-refractivity contribution in [3.8, 4) is 0 Å². The molecule has 0 aliphatic rings. The molecule has 0 spiro atoms. The monoisotopic (exact) mass is 180 g/mol. The third kappa shape index (κ3) is 2.24. The maximum Gasteiger partial charge on any atom is 0.105 e. The summed E-state index contributed by atoms with van der Waals surface area (Å²) in [6, 6.07) is 7.05. The largest absolute Gasteiger partial charge is 0.384 e. The normalized spacial score (nSPS) is 11.8. The van der Waals surface area contributed by atoms with Crippen LogP contribution in [0, 0.1) is 0 Å². The first kappa shape index (κ1) is 9.08. The van der Waals surface area contributed by atoms with Crippen molar-refractivity contribution in [1.82, 2.24) is 0 Å². The maximum absolute atomic E-state index is 9.43. The van der Waals surface area contributed by atoms with E-state index in [2.05, 4.69) is 12.3 Å². The lowest BCUT2D eigenvalue weighted by Crippen LogP contribution is -1.91. The molecule has 1 nitrogen and oxygen atoms in total. The molecule has 0 aliphatic heterocycles. The van der Waals surface area contributed by atoms with Crippen molar-refractivity contribution in [3.63, 3.8) is 0 Å². The van der Waals surface area contributed by atoms with Crippen molar-refractivity contribution in [2.24, 2.45) is 0 Å². The number of benzene rings is 1. The van der Waals surface area contributed by atoms with Crippen LogP contribution in [0.25, 0.3) is 0 Å². The molecule has 0 heterocycles. The quantitative estimate of drug-likeness (QED) is 0.694.